The molecule has 1 aromatic carbocycles. The fraction of sp³-hybridized carbons (Fsp3) is 0. The van der Waals surface area contributed by atoms with Crippen LogP contribution < -0.4 is 0 Å². The lowest BCUT2D eigenvalue weighted by atomic mass is 10.1. The number of fused-ring (bicyclic) bond motifs is 4. The Morgan fingerprint density at radius 3 is 2.84 bits per heavy atom. The highest BCUT2D eigenvalue weighted by Crippen LogP contribution is 2.25. The Labute approximate surface area is 110 Å². The minimum absolute atomic E-state index is 1.03. The summed E-state index contributed by atoms with van der Waals surface area (Å²) in [6.07, 6.45) is 6.04. The Kier molecular flexibility index (Phi) is 2.00. The molecule has 4 aromatic rings. The second-order valence-electron chi connectivity index (χ2n) is 4.70. The Balaban J connectivity index is 2.20. The summed E-state index contributed by atoms with van der Waals surface area (Å²) in [6, 6.07) is 14.6. The molecular formula is C17H12N2. The third-order valence-electron chi connectivity index (χ3n) is 3.52. The lowest BCUT2D eigenvalue weighted by Gasteiger charge is -1.98. The molecule has 0 spiro atoms. The number of pyridine rings is 2. The first-order chi connectivity index (χ1) is 9.35. The van der Waals surface area contributed by atoms with Gasteiger partial charge < -0.3 is 4.40 Å². The van der Waals surface area contributed by atoms with E-state index in [0.29, 0.717) is 0 Å². The van der Waals surface area contributed by atoms with Gasteiger partial charge in [-0.05, 0) is 29.8 Å². The molecule has 0 radical (unpaired) electrons. The molecule has 90 valence electrons. The van der Waals surface area contributed by atoms with Gasteiger partial charge in [0, 0.05) is 23.2 Å². The predicted octanol–water partition coefficient (Wildman–Crippen LogP) is 4.28. The Morgan fingerprint density at radius 2 is 1.95 bits per heavy atom. The summed E-state index contributed by atoms with van der Waals surface area (Å²) in [5, 5.41) is 2.34. The lowest BCUT2D eigenvalue weighted by Crippen LogP contribution is -1.83. The number of hydrogen-bond donors (Lipinski definition) is 0. The zero-order valence-electron chi connectivity index (χ0n) is 10.4. The molecule has 0 saturated carbocycles. The van der Waals surface area contributed by atoms with Gasteiger partial charge in [-0.3, -0.25) is 0 Å². The Hall–Kier alpha value is -2.61. The maximum absolute atomic E-state index is 4.79. The number of rotatable bonds is 1. The molecule has 0 bridgehead atoms. The second-order valence-corrected chi connectivity index (χ2v) is 4.70. The SMILES string of the molecule is C=Cc1ccn2cc3cc4ccccc4nc3c2c1. The van der Waals surface area contributed by atoms with Crippen molar-refractivity contribution >= 4 is 33.4 Å². The zero-order chi connectivity index (χ0) is 12.8. The minimum Gasteiger partial charge on any atom is -0.321 e. The van der Waals surface area contributed by atoms with Gasteiger partial charge in [0.25, 0.3) is 0 Å². The number of benzene rings is 1. The molecule has 3 aromatic heterocycles. The van der Waals surface area contributed by atoms with Gasteiger partial charge >= 0.3 is 0 Å². The molecule has 0 amide bonds. The van der Waals surface area contributed by atoms with Crippen LogP contribution in [0.2, 0.25) is 0 Å². The second kappa shape index (κ2) is 3.69. The first-order valence-corrected chi connectivity index (χ1v) is 6.28. The van der Waals surface area contributed by atoms with Crippen LogP contribution in [0, 0.1) is 0 Å². The van der Waals surface area contributed by atoms with Crippen LogP contribution in [0.1, 0.15) is 5.56 Å². The Morgan fingerprint density at radius 1 is 1.05 bits per heavy atom. The van der Waals surface area contributed by atoms with E-state index in [-0.39, 0.29) is 0 Å². The molecule has 0 fully saturated rings. The van der Waals surface area contributed by atoms with Gasteiger partial charge in [-0.2, -0.15) is 0 Å². The standard InChI is InChI=1S/C17H12N2/c1-2-12-7-8-19-11-14-10-13-5-3-4-6-15(13)18-17(14)16(19)9-12/h2-11H,1H2. The maximum Gasteiger partial charge on any atom is 0.0964 e. The molecule has 4 rings (SSSR count). The van der Waals surface area contributed by atoms with Crippen LogP contribution in [0.5, 0.6) is 0 Å². The summed E-state index contributed by atoms with van der Waals surface area (Å²) >= 11 is 0. The molecule has 0 aliphatic carbocycles. The van der Waals surface area contributed by atoms with E-state index in [9.17, 15) is 0 Å². The summed E-state index contributed by atoms with van der Waals surface area (Å²) in [5.41, 5.74) is 4.31. The highest BCUT2D eigenvalue weighted by Gasteiger charge is 2.06. The van der Waals surface area contributed by atoms with E-state index in [2.05, 4.69) is 53.7 Å². The van der Waals surface area contributed by atoms with Gasteiger partial charge in [0.15, 0.2) is 0 Å². The van der Waals surface area contributed by atoms with Crippen LogP contribution in [0.4, 0.5) is 0 Å². The molecule has 2 heteroatoms. The third-order valence-corrected chi connectivity index (χ3v) is 3.52. The van der Waals surface area contributed by atoms with Gasteiger partial charge in [0.1, 0.15) is 0 Å². The third kappa shape index (κ3) is 1.47. The van der Waals surface area contributed by atoms with Crippen molar-refractivity contribution in [3.63, 3.8) is 0 Å². The average molecular weight is 244 g/mol. The quantitative estimate of drug-likeness (QED) is 0.488. The molecule has 0 N–H and O–H groups in total. The minimum atomic E-state index is 1.03. The van der Waals surface area contributed by atoms with Gasteiger partial charge in [0.2, 0.25) is 0 Å². The van der Waals surface area contributed by atoms with Crippen LogP contribution in [0.25, 0.3) is 33.4 Å². The van der Waals surface area contributed by atoms with Crippen LogP contribution in [-0.4, -0.2) is 9.38 Å². The largest absolute Gasteiger partial charge is 0.321 e. The molecule has 0 aliphatic rings. The normalized spacial score (nSPS) is 11.4. The van der Waals surface area contributed by atoms with Crippen LogP contribution >= 0.6 is 0 Å². The van der Waals surface area contributed by atoms with E-state index in [1.807, 2.05) is 18.2 Å². The topological polar surface area (TPSA) is 17.3 Å². The lowest BCUT2D eigenvalue weighted by molar-refractivity contribution is 1.20. The van der Waals surface area contributed by atoms with Crippen molar-refractivity contribution in [2.45, 2.75) is 0 Å². The van der Waals surface area contributed by atoms with Gasteiger partial charge in [0.05, 0.1) is 16.6 Å². The summed E-state index contributed by atoms with van der Waals surface area (Å²) < 4.78 is 2.11. The molecule has 19 heavy (non-hydrogen) atoms. The van der Waals surface area contributed by atoms with Crippen molar-refractivity contribution in [1.29, 1.82) is 0 Å². The van der Waals surface area contributed by atoms with Crippen molar-refractivity contribution in [1.82, 2.24) is 9.38 Å². The van der Waals surface area contributed by atoms with Crippen LogP contribution in [0.3, 0.4) is 0 Å². The zero-order valence-corrected chi connectivity index (χ0v) is 10.4. The average Bonchev–Trinajstić information content (AvgIpc) is 2.81. The van der Waals surface area contributed by atoms with E-state index < -0.39 is 0 Å². The monoisotopic (exact) mass is 244 g/mol. The maximum atomic E-state index is 4.79. The van der Waals surface area contributed by atoms with E-state index in [0.717, 1.165) is 22.1 Å². The smallest absolute Gasteiger partial charge is 0.0964 e. The van der Waals surface area contributed by atoms with Crippen molar-refractivity contribution < 1.29 is 0 Å². The molecule has 0 atom stereocenters. The van der Waals surface area contributed by atoms with E-state index in [1.165, 1.54) is 10.8 Å². The van der Waals surface area contributed by atoms with Gasteiger partial charge in [-0.15, -0.1) is 0 Å². The number of para-hydroxylation sites is 1. The van der Waals surface area contributed by atoms with Gasteiger partial charge in [-0.1, -0.05) is 30.9 Å². The summed E-state index contributed by atoms with van der Waals surface area (Å²) in [7, 11) is 0. The number of hydrogen-bond acceptors (Lipinski definition) is 1. The van der Waals surface area contributed by atoms with Gasteiger partial charge in [-0.25, -0.2) is 4.98 Å². The molecule has 0 saturated heterocycles. The predicted molar refractivity (Wildman–Crippen MR) is 80.3 cm³/mol. The van der Waals surface area contributed by atoms with E-state index in [1.54, 1.807) is 0 Å². The fourth-order valence-electron chi connectivity index (χ4n) is 2.54. The highest BCUT2D eigenvalue weighted by atomic mass is 14.9. The summed E-state index contributed by atoms with van der Waals surface area (Å²) in [6.45, 7) is 3.82. The van der Waals surface area contributed by atoms with E-state index >= 15 is 0 Å². The van der Waals surface area contributed by atoms with Crippen LogP contribution in [0.15, 0.2) is 61.4 Å². The first kappa shape index (κ1) is 10.3. The first-order valence-electron chi connectivity index (χ1n) is 6.28. The molecular weight excluding hydrogens is 232 g/mol. The Bertz CT molecular complexity index is 932. The number of aromatic nitrogens is 2. The molecule has 3 heterocycles. The van der Waals surface area contributed by atoms with Crippen molar-refractivity contribution in [2.24, 2.45) is 0 Å². The van der Waals surface area contributed by atoms with Crippen LogP contribution in [-0.2, 0) is 0 Å². The molecule has 2 nitrogen and oxygen atoms in total. The number of nitrogens with zero attached hydrogens (tertiary/aromatic N) is 2. The van der Waals surface area contributed by atoms with Crippen molar-refractivity contribution in [2.75, 3.05) is 0 Å². The molecule has 0 unspecified atom stereocenters. The van der Waals surface area contributed by atoms with Crippen molar-refractivity contribution in [3.8, 4) is 0 Å². The van der Waals surface area contributed by atoms with Crippen molar-refractivity contribution in [3.05, 3.63) is 67.0 Å². The highest BCUT2D eigenvalue weighted by molar-refractivity contribution is 6.01. The van der Waals surface area contributed by atoms with E-state index in [4.69, 9.17) is 4.98 Å². The fourth-order valence-corrected chi connectivity index (χ4v) is 2.54. The molecule has 0 aliphatic heterocycles. The summed E-state index contributed by atoms with van der Waals surface area (Å²) in [4.78, 5) is 4.79. The summed E-state index contributed by atoms with van der Waals surface area (Å²) in [5.74, 6) is 0.